The Morgan fingerprint density at radius 3 is 1.18 bits per heavy atom. The summed E-state index contributed by atoms with van der Waals surface area (Å²) < 4.78 is 0. The zero-order chi connectivity index (χ0) is 37.6. The van der Waals surface area contributed by atoms with Gasteiger partial charge in [0, 0.05) is 28.6 Å². The van der Waals surface area contributed by atoms with Crippen LogP contribution in [-0.4, -0.2) is 67.2 Å². The Bertz CT molecular complexity index is 910. The van der Waals surface area contributed by atoms with Crippen molar-refractivity contribution in [2.45, 2.75) is 239 Å². The Kier molecular flexibility index (Phi) is 18.3. The summed E-state index contributed by atoms with van der Waals surface area (Å²) in [6.07, 6.45) is 24.6. The first kappa shape index (κ1) is 45.0. The molecule has 0 aliphatic carbocycles. The van der Waals surface area contributed by atoms with Gasteiger partial charge in [0.25, 0.3) is 0 Å². The summed E-state index contributed by atoms with van der Waals surface area (Å²) in [5.74, 6) is -1.07. The van der Waals surface area contributed by atoms with Crippen LogP contribution in [-0.2, 0) is 9.59 Å². The summed E-state index contributed by atoms with van der Waals surface area (Å²) in [6, 6.07) is 0. The van der Waals surface area contributed by atoms with Gasteiger partial charge in [0.2, 0.25) is 0 Å². The van der Waals surface area contributed by atoms with E-state index < -0.39 is 17.4 Å². The molecule has 0 unspecified atom stereocenters. The quantitative estimate of drug-likeness (QED) is 0.0921. The zero-order valence-electron chi connectivity index (χ0n) is 34.9. The van der Waals surface area contributed by atoms with E-state index >= 15 is 0 Å². The second kappa shape index (κ2) is 20.4. The van der Waals surface area contributed by atoms with Crippen LogP contribution in [0.1, 0.15) is 217 Å². The van der Waals surface area contributed by atoms with Crippen molar-refractivity contribution in [3.05, 3.63) is 0 Å². The van der Waals surface area contributed by atoms with Crippen LogP contribution in [0.15, 0.2) is 0 Å². The highest BCUT2D eigenvalue weighted by molar-refractivity contribution is 5.76. The second-order valence-corrected chi connectivity index (χ2v) is 19.3. The van der Waals surface area contributed by atoms with Gasteiger partial charge in [0.15, 0.2) is 0 Å². The fourth-order valence-corrected chi connectivity index (χ4v) is 11.1. The van der Waals surface area contributed by atoms with Gasteiger partial charge in [0.05, 0.1) is 5.41 Å². The number of nitrogens with zero attached hydrogens (tertiary/aromatic N) is 2. The average molecular weight is 705 g/mol. The van der Waals surface area contributed by atoms with E-state index in [4.69, 9.17) is 5.11 Å². The molecule has 2 aliphatic rings. The van der Waals surface area contributed by atoms with Crippen LogP contribution in [0, 0.1) is 17.3 Å². The van der Waals surface area contributed by atoms with E-state index in [0.717, 1.165) is 70.9 Å². The van der Waals surface area contributed by atoms with Gasteiger partial charge in [-0.1, -0.05) is 104 Å². The summed E-state index contributed by atoms with van der Waals surface area (Å²) in [5.41, 5.74) is -1.07. The third-order valence-electron chi connectivity index (χ3n) is 13.2. The predicted molar refractivity (Wildman–Crippen MR) is 212 cm³/mol. The Morgan fingerprint density at radius 1 is 0.520 bits per heavy atom. The summed E-state index contributed by atoms with van der Waals surface area (Å²) in [7, 11) is 0. The number of hydrogen-bond donors (Lipinski definition) is 2. The lowest BCUT2D eigenvalue weighted by molar-refractivity contribution is -0.179. The highest BCUT2D eigenvalue weighted by Crippen LogP contribution is 2.58. The molecule has 0 saturated carbocycles. The number of aliphatic carboxylic acids is 2. The number of unbranched alkanes of at least 4 members (excludes halogenated alkanes) is 14. The molecule has 0 aromatic heterocycles. The molecule has 0 bridgehead atoms. The van der Waals surface area contributed by atoms with Gasteiger partial charge >= 0.3 is 11.9 Å². The minimum atomic E-state index is -0.775. The van der Waals surface area contributed by atoms with E-state index in [-0.39, 0.29) is 40.4 Å². The molecule has 2 aliphatic heterocycles. The lowest BCUT2D eigenvalue weighted by atomic mass is 9.52. The van der Waals surface area contributed by atoms with Crippen molar-refractivity contribution >= 4 is 11.9 Å². The maximum absolute atomic E-state index is 14.2. The van der Waals surface area contributed by atoms with E-state index in [9.17, 15) is 14.7 Å². The van der Waals surface area contributed by atoms with Crippen molar-refractivity contribution in [1.29, 1.82) is 0 Å². The highest BCUT2D eigenvalue weighted by Gasteiger charge is 2.60. The minimum absolute atomic E-state index is 0.0725. The van der Waals surface area contributed by atoms with E-state index in [2.05, 4.69) is 79.0 Å². The van der Waals surface area contributed by atoms with Crippen molar-refractivity contribution < 1.29 is 19.8 Å². The van der Waals surface area contributed by atoms with Crippen LogP contribution >= 0.6 is 0 Å². The number of hydrogen-bond acceptors (Lipinski definition) is 4. The van der Waals surface area contributed by atoms with Gasteiger partial charge in [0.1, 0.15) is 0 Å². The first-order chi connectivity index (χ1) is 23.4. The molecule has 2 N–H and O–H groups in total. The fourth-order valence-electron chi connectivity index (χ4n) is 11.1. The average Bonchev–Trinajstić information content (AvgIpc) is 2.98. The maximum atomic E-state index is 14.2. The van der Waals surface area contributed by atoms with Crippen LogP contribution in [0.25, 0.3) is 0 Å². The van der Waals surface area contributed by atoms with Crippen molar-refractivity contribution in [3.8, 4) is 0 Å². The standard InChI is InChI=1S/C44H84N2O4/c1-11-13-15-17-22-26-30-45-40(3,4)32-36(33-41(45,5)6)44(39(49)50,29-25-21-19-20-24-28-38(47)48)37-34-42(7,8)46(43(9,10)35-37)31-27-23-18-16-14-12-2/h36-37H,11-35H2,1-10H3,(H,47,48)(H,49,50). The molecule has 50 heavy (non-hydrogen) atoms. The number of piperidine rings is 2. The van der Waals surface area contributed by atoms with Crippen molar-refractivity contribution in [2.75, 3.05) is 13.1 Å². The molecule has 0 radical (unpaired) electrons. The van der Waals surface area contributed by atoms with Crippen LogP contribution in [0.2, 0.25) is 0 Å². The molecule has 0 aromatic carbocycles. The normalized spacial score (nSPS) is 21.4. The third kappa shape index (κ3) is 12.8. The number of carbonyl (C=O) groups is 2. The van der Waals surface area contributed by atoms with Crippen LogP contribution in [0.3, 0.4) is 0 Å². The van der Waals surface area contributed by atoms with E-state index in [1.54, 1.807) is 0 Å². The molecule has 2 heterocycles. The molecular formula is C44H84N2O4. The largest absolute Gasteiger partial charge is 0.481 e. The number of carboxylic acid groups (broad SMARTS) is 2. The summed E-state index contributed by atoms with van der Waals surface area (Å²) in [6.45, 7) is 25.9. The molecule has 2 rings (SSSR count). The number of carboxylic acids is 2. The molecule has 6 heteroatoms. The molecule has 0 atom stereocenters. The van der Waals surface area contributed by atoms with Gasteiger partial charge in [-0.25, -0.2) is 0 Å². The van der Waals surface area contributed by atoms with Crippen molar-refractivity contribution in [2.24, 2.45) is 17.3 Å². The van der Waals surface area contributed by atoms with E-state index in [1.807, 2.05) is 0 Å². The molecule has 2 fully saturated rings. The first-order valence-corrected chi connectivity index (χ1v) is 21.4. The Hall–Kier alpha value is -1.14. The predicted octanol–water partition coefficient (Wildman–Crippen LogP) is 12.1. The molecule has 294 valence electrons. The second-order valence-electron chi connectivity index (χ2n) is 19.3. The summed E-state index contributed by atoms with van der Waals surface area (Å²) >= 11 is 0. The molecule has 0 amide bonds. The van der Waals surface area contributed by atoms with Crippen LogP contribution in [0.4, 0.5) is 0 Å². The third-order valence-corrected chi connectivity index (χ3v) is 13.2. The van der Waals surface area contributed by atoms with Gasteiger partial charge in [-0.05, 0) is 132 Å². The minimum Gasteiger partial charge on any atom is -0.481 e. The molecule has 6 nitrogen and oxygen atoms in total. The van der Waals surface area contributed by atoms with Gasteiger partial charge in [-0.15, -0.1) is 0 Å². The van der Waals surface area contributed by atoms with Crippen LogP contribution in [0.5, 0.6) is 0 Å². The molecular weight excluding hydrogens is 620 g/mol. The highest BCUT2D eigenvalue weighted by atomic mass is 16.4. The monoisotopic (exact) mass is 705 g/mol. The zero-order valence-corrected chi connectivity index (χ0v) is 34.9. The summed E-state index contributed by atoms with van der Waals surface area (Å²) in [4.78, 5) is 30.7. The summed E-state index contributed by atoms with van der Waals surface area (Å²) in [5, 5.41) is 20.7. The molecule has 2 saturated heterocycles. The number of rotatable bonds is 25. The van der Waals surface area contributed by atoms with Gasteiger partial charge in [-0.2, -0.15) is 0 Å². The van der Waals surface area contributed by atoms with Gasteiger partial charge < -0.3 is 10.2 Å². The van der Waals surface area contributed by atoms with E-state index in [0.29, 0.717) is 6.42 Å². The van der Waals surface area contributed by atoms with Crippen LogP contribution < -0.4 is 0 Å². The lowest BCUT2D eigenvalue weighted by Gasteiger charge is -2.63. The lowest BCUT2D eigenvalue weighted by Crippen LogP contribution is -2.67. The maximum Gasteiger partial charge on any atom is 0.310 e. The molecule has 0 aromatic rings. The SMILES string of the molecule is CCCCCCCCN1C(C)(C)CC(C(CCCCCCCC(=O)O)(C(=O)O)C2CC(C)(C)N(CCCCCCCC)C(C)(C)C2)CC1(C)C. The van der Waals surface area contributed by atoms with Crippen molar-refractivity contribution in [1.82, 2.24) is 9.80 Å². The smallest absolute Gasteiger partial charge is 0.310 e. The van der Waals surface area contributed by atoms with Crippen molar-refractivity contribution in [3.63, 3.8) is 0 Å². The first-order valence-electron chi connectivity index (χ1n) is 21.4. The Labute approximate surface area is 310 Å². The topological polar surface area (TPSA) is 81.1 Å². The molecule has 0 spiro atoms. The Balaban J connectivity index is 2.37. The van der Waals surface area contributed by atoms with Gasteiger partial charge in [-0.3, -0.25) is 19.4 Å². The van der Waals surface area contributed by atoms with E-state index in [1.165, 1.54) is 77.0 Å². The Morgan fingerprint density at radius 2 is 0.840 bits per heavy atom. The number of likely N-dealkylation sites (tertiary alicyclic amines) is 2. The fraction of sp³-hybridized carbons (Fsp3) is 0.955.